The van der Waals surface area contributed by atoms with Gasteiger partial charge in [-0.25, -0.2) is 0 Å². The molecule has 2 aromatic rings. The van der Waals surface area contributed by atoms with Crippen molar-refractivity contribution in [3.63, 3.8) is 0 Å². The van der Waals surface area contributed by atoms with Crippen molar-refractivity contribution in [1.29, 1.82) is 0 Å². The zero-order valence-electron chi connectivity index (χ0n) is 10.9. The molecule has 0 aliphatic heterocycles. The molecule has 19 heavy (non-hydrogen) atoms. The lowest BCUT2D eigenvalue weighted by molar-refractivity contribution is 0.104. The van der Waals surface area contributed by atoms with Crippen LogP contribution in [0.1, 0.15) is 10.4 Å². The Balaban J connectivity index is 2.28. The van der Waals surface area contributed by atoms with Crippen LogP contribution in [0.15, 0.2) is 55.3 Å². The predicted octanol–water partition coefficient (Wildman–Crippen LogP) is 2.40. The van der Waals surface area contributed by atoms with Gasteiger partial charge in [-0.05, 0) is 23.8 Å². The zero-order valence-corrected chi connectivity index (χ0v) is 10.9. The highest BCUT2D eigenvalue weighted by Gasteiger charge is 2.05. The molecule has 4 nitrogen and oxygen atoms in total. The van der Waals surface area contributed by atoms with Gasteiger partial charge in [-0.3, -0.25) is 14.8 Å². The molecule has 2 heterocycles. The maximum Gasteiger partial charge on any atom is 0.188 e. The third-order valence-electron chi connectivity index (χ3n) is 2.56. The molecule has 2 aromatic heterocycles. The van der Waals surface area contributed by atoms with Crippen molar-refractivity contribution in [3.05, 3.63) is 60.8 Å². The third-order valence-corrected chi connectivity index (χ3v) is 2.56. The summed E-state index contributed by atoms with van der Waals surface area (Å²) in [7, 11) is 3.74. The van der Waals surface area contributed by atoms with E-state index in [9.17, 15) is 4.79 Å². The molecule has 0 amide bonds. The zero-order chi connectivity index (χ0) is 13.7. The maximum atomic E-state index is 12.0. The van der Waals surface area contributed by atoms with Gasteiger partial charge in [0, 0.05) is 62.3 Å². The van der Waals surface area contributed by atoms with Crippen molar-refractivity contribution in [2.45, 2.75) is 0 Å². The molecular weight excluding hydrogens is 238 g/mol. The molecule has 0 aliphatic carbocycles. The number of hydrogen-bond donors (Lipinski definition) is 0. The molecule has 0 bridgehead atoms. The summed E-state index contributed by atoms with van der Waals surface area (Å²) in [6, 6.07) is 5.62. The van der Waals surface area contributed by atoms with E-state index in [1.165, 1.54) is 6.08 Å². The van der Waals surface area contributed by atoms with Crippen LogP contribution in [0, 0.1) is 0 Å². The Morgan fingerprint density at radius 2 is 1.84 bits per heavy atom. The number of hydrogen-bond acceptors (Lipinski definition) is 4. The van der Waals surface area contributed by atoms with Crippen LogP contribution in [0.5, 0.6) is 0 Å². The average molecular weight is 253 g/mol. The molecule has 0 radical (unpaired) electrons. The molecule has 4 heteroatoms. The number of ketones is 1. The lowest BCUT2D eigenvalue weighted by Gasteiger charge is -2.04. The Morgan fingerprint density at radius 3 is 2.53 bits per heavy atom. The van der Waals surface area contributed by atoms with Gasteiger partial charge in [0.15, 0.2) is 5.78 Å². The molecule has 0 atom stereocenters. The summed E-state index contributed by atoms with van der Waals surface area (Å²) in [6.45, 7) is 0. The smallest absolute Gasteiger partial charge is 0.188 e. The normalized spacial score (nSPS) is 10.6. The summed E-state index contributed by atoms with van der Waals surface area (Å²) in [5.74, 6) is -0.0582. The van der Waals surface area contributed by atoms with Crippen molar-refractivity contribution in [1.82, 2.24) is 14.9 Å². The molecule has 2 rings (SSSR count). The van der Waals surface area contributed by atoms with E-state index in [0.29, 0.717) is 5.56 Å². The summed E-state index contributed by atoms with van der Waals surface area (Å²) in [5, 5.41) is 0. The van der Waals surface area contributed by atoms with Gasteiger partial charge >= 0.3 is 0 Å². The first-order chi connectivity index (χ1) is 9.16. The third kappa shape index (κ3) is 3.48. The fourth-order valence-electron chi connectivity index (χ4n) is 1.59. The molecule has 96 valence electrons. The number of pyridine rings is 2. The van der Waals surface area contributed by atoms with Gasteiger partial charge in [0.05, 0.1) is 0 Å². The fourth-order valence-corrected chi connectivity index (χ4v) is 1.59. The first kappa shape index (κ1) is 13.0. The summed E-state index contributed by atoms with van der Waals surface area (Å²) >= 11 is 0. The molecule has 0 fully saturated rings. The van der Waals surface area contributed by atoms with Gasteiger partial charge < -0.3 is 4.90 Å². The van der Waals surface area contributed by atoms with E-state index in [-0.39, 0.29) is 5.78 Å². The molecule has 0 N–H and O–H groups in total. The number of carbonyl (C=O) groups is 1. The van der Waals surface area contributed by atoms with Crippen LogP contribution in [0.2, 0.25) is 0 Å². The lowest BCUT2D eigenvalue weighted by Crippen LogP contribution is -2.03. The van der Waals surface area contributed by atoms with Crippen LogP contribution >= 0.6 is 0 Å². The van der Waals surface area contributed by atoms with Crippen LogP contribution in [0.3, 0.4) is 0 Å². The standard InChI is InChI=1S/C15H15N3O/c1-18(2)8-5-15(19)14-9-13(10-17-11-14)12-3-6-16-7-4-12/h3-11H,1-2H3/b8-5+. The minimum Gasteiger partial charge on any atom is -0.383 e. The highest BCUT2D eigenvalue weighted by atomic mass is 16.1. The Bertz CT molecular complexity index is 591. The SMILES string of the molecule is CN(C)/C=C/C(=O)c1cncc(-c2ccncc2)c1. The van der Waals surface area contributed by atoms with Gasteiger partial charge in [0.25, 0.3) is 0 Å². The average Bonchev–Trinajstić information content (AvgIpc) is 2.46. The quantitative estimate of drug-likeness (QED) is 0.620. The number of aromatic nitrogens is 2. The van der Waals surface area contributed by atoms with Crippen molar-refractivity contribution < 1.29 is 4.79 Å². The second kappa shape index (κ2) is 5.91. The Morgan fingerprint density at radius 1 is 1.11 bits per heavy atom. The predicted molar refractivity (Wildman–Crippen MR) is 74.6 cm³/mol. The topological polar surface area (TPSA) is 46.1 Å². The molecule has 0 aromatic carbocycles. The first-order valence-electron chi connectivity index (χ1n) is 5.91. The second-order valence-electron chi connectivity index (χ2n) is 4.34. The fraction of sp³-hybridized carbons (Fsp3) is 0.133. The first-order valence-corrected chi connectivity index (χ1v) is 5.91. The van der Waals surface area contributed by atoms with E-state index in [0.717, 1.165) is 11.1 Å². The molecule has 0 spiro atoms. The van der Waals surface area contributed by atoms with E-state index in [1.54, 1.807) is 31.0 Å². The number of nitrogens with zero attached hydrogens (tertiary/aromatic N) is 3. The van der Waals surface area contributed by atoms with E-state index in [2.05, 4.69) is 9.97 Å². The second-order valence-corrected chi connectivity index (χ2v) is 4.34. The van der Waals surface area contributed by atoms with Gasteiger partial charge in [-0.15, -0.1) is 0 Å². The van der Waals surface area contributed by atoms with E-state index in [1.807, 2.05) is 37.2 Å². The number of carbonyl (C=O) groups excluding carboxylic acids is 1. The minimum absolute atomic E-state index is 0.0582. The molecule has 0 saturated heterocycles. The highest BCUT2D eigenvalue weighted by molar-refractivity contribution is 6.04. The number of allylic oxidation sites excluding steroid dienone is 1. The Hall–Kier alpha value is -2.49. The van der Waals surface area contributed by atoms with Gasteiger partial charge in [-0.1, -0.05) is 0 Å². The van der Waals surface area contributed by atoms with Gasteiger partial charge in [0.1, 0.15) is 0 Å². The van der Waals surface area contributed by atoms with Crippen LogP contribution < -0.4 is 0 Å². The molecule has 0 unspecified atom stereocenters. The maximum absolute atomic E-state index is 12.0. The lowest BCUT2D eigenvalue weighted by atomic mass is 10.1. The van der Waals surface area contributed by atoms with Gasteiger partial charge in [-0.2, -0.15) is 0 Å². The van der Waals surface area contributed by atoms with E-state index in [4.69, 9.17) is 0 Å². The van der Waals surface area contributed by atoms with Crippen molar-refractivity contribution in [2.24, 2.45) is 0 Å². The van der Waals surface area contributed by atoms with E-state index >= 15 is 0 Å². The van der Waals surface area contributed by atoms with Crippen molar-refractivity contribution >= 4 is 5.78 Å². The van der Waals surface area contributed by atoms with Crippen LogP contribution in [0.25, 0.3) is 11.1 Å². The summed E-state index contributed by atoms with van der Waals surface area (Å²) in [5.41, 5.74) is 2.48. The highest BCUT2D eigenvalue weighted by Crippen LogP contribution is 2.18. The van der Waals surface area contributed by atoms with E-state index < -0.39 is 0 Å². The van der Waals surface area contributed by atoms with Gasteiger partial charge in [0.2, 0.25) is 0 Å². The number of rotatable bonds is 4. The van der Waals surface area contributed by atoms with Crippen LogP contribution in [0.4, 0.5) is 0 Å². The largest absolute Gasteiger partial charge is 0.383 e. The minimum atomic E-state index is -0.0582. The molecular formula is C15H15N3O. The van der Waals surface area contributed by atoms with Crippen molar-refractivity contribution in [3.8, 4) is 11.1 Å². The van der Waals surface area contributed by atoms with Crippen LogP contribution in [-0.4, -0.2) is 34.7 Å². The summed E-state index contributed by atoms with van der Waals surface area (Å²) < 4.78 is 0. The monoisotopic (exact) mass is 253 g/mol. The van der Waals surface area contributed by atoms with Crippen molar-refractivity contribution in [2.75, 3.05) is 14.1 Å². The Labute approximate surface area is 112 Å². The molecule has 0 aliphatic rings. The Kier molecular flexibility index (Phi) is 4.03. The summed E-state index contributed by atoms with van der Waals surface area (Å²) in [4.78, 5) is 21.9. The molecule has 0 saturated carbocycles. The van der Waals surface area contributed by atoms with Crippen LogP contribution in [-0.2, 0) is 0 Å². The summed E-state index contributed by atoms with van der Waals surface area (Å²) in [6.07, 6.45) is 10.0.